The first kappa shape index (κ1) is 14.8. The molecule has 1 aliphatic heterocycles. The van der Waals surface area contributed by atoms with Crippen molar-refractivity contribution in [1.82, 2.24) is 10.2 Å². The molecule has 0 radical (unpaired) electrons. The molecule has 19 heavy (non-hydrogen) atoms. The highest BCUT2D eigenvalue weighted by molar-refractivity contribution is 6.31. The molecule has 0 unspecified atom stereocenters. The highest BCUT2D eigenvalue weighted by Crippen LogP contribution is 2.18. The van der Waals surface area contributed by atoms with Crippen molar-refractivity contribution in [2.24, 2.45) is 5.92 Å². The lowest BCUT2D eigenvalue weighted by Gasteiger charge is -2.30. The van der Waals surface area contributed by atoms with Crippen molar-refractivity contribution in [3.8, 4) is 0 Å². The maximum absolute atomic E-state index is 13.5. The quantitative estimate of drug-likeness (QED) is 0.835. The largest absolute Gasteiger partial charge is 0.311 e. The van der Waals surface area contributed by atoms with Crippen molar-refractivity contribution >= 4 is 11.6 Å². The Morgan fingerprint density at radius 3 is 2.79 bits per heavy atom. The minimum Gasteiger partial charge on any atom is -0.311 e. The summed E-state index contributed by atoms with van der Waals surface area (Å²) in [6.45, 7) is 7.08. The Kier molecular flexibility index (Phi) is 5.61. The molecule has 1 fully saturated rings. The van der Waals surface area contributed by atoms with Crippen LogP contribution in [-0.2, 0) is 6.54 Å². The van der Waals surface area contributed by atoms with Gasteiger partial charge in [-0.25, -0.2) is 4.39 Å². The molecule has 0 bridgehead atoms. The molecule has 1 heterocycles. The Balaban J connectivity index is 1.69. The number of likely N-dealkylation sites (tertiary alicyclic amines) is 1. The highest BCUT2D eigenvalue weighted by atomic mass is 35.5. The smallest absolute Gasteiger partial charge is 0.129 e. The number of nitrogens with zero attached hydrogens (tertiary/aromatic N) is 1. The molecule has 2 rings (SSSR count). The lowest BCUT2D eigenvalue weighted by Crippen LogP contribution is -2.37. The summed E-state index contributed by atoms with van der Waals surface area (Å²) in [5, 5.41) is 3.78. The zero-order chi connectivity index (χ0) is 13.7. The summed E-state index contributed by atoms with van der Waals surface area (Å²) < 4.78 is 13.5. The number of halogens is 2. The van der Waals surface area contributed by atoms with Crippen molar-refractivity contribution in [1.29, 1.82) is 0 Å². The fourth-order valence-corrected chi connectivity index (χ4v) is 2.67. The van der Waals surface area contributed by atoms with Gasteiger partial charge in [-0.15, -0.1) is 0 Å². The standard InChI is InChI=1S/C15H22ClFN2/c1-12-5-8-19(9-6-12)10-7-18-11-13-14(16)3-2-4-15(13)17/h2-4,12,18H,5-11H2,1H3. The van der Waals surface area contributed by atoms with E-state index in [1.807, 2.05) is 0 Å². The molecule has 1 aromatic rings. The Bertz CT molecular complexity index is 383. The van der Waals surface area contributed by atoms with E-state index in [9.17, 15) is 4.39 Å². The van der Waals surface area contributed by atoms with E-state index in [0.29, 0.717) is 17.1 Å². The van der Waals surface area contributed by atoms with Gasteiger partial charge >= 0.3 is 0 Å². The van der Waals surface area contributed by atoms with Crippen molar-refractivity contribution in [3.63, 3.8) is 0 Å². The second kappa shape index (κ2) is 7.22. The van der Waals surface area contributed by atoms with E-state index < -0.39 is 0 Å². The van der Waals surface area contributed by atoms with Crippen LogP contribution in [-0.4, -0.2) is 31.1 Å². The van der Waals surface area contributed by atoms with E-state index in [4.69, 9.17) is 11.6 Å². The van der Waals surface area contributed by atoms with Crippen LogP contribution < -0.4 is 5.32 Å². The van der Waals surface area contributed by atoms with Crippen LogP contribution in [0.5, 0.6) is 0 Å². The predicted molar refractivity (Wildman–Crippen MR) is 78.0 cm³/mol. The molecule has 1 aromatic carbocycles. The van der Waals surface area contributed by atoms with Crippen LogP contribution in [0.3, 0.4) is 0 Å². The van der Waals surface area contributed by atoms with Crippen molar-refractivity contribution in [2.45, 2.75) is 26.3 Å². The average Bonchev–Trinajstić information content (AvgIpc) is 2.39. The van der Waals surface area contributed by atoms with Crippen molar-refractivity contribution in [3.05, 3.63) is 34.6 Å². The lowest BCUT2D eigenvalue weighted by molar-refractivity contribution is 0.193. The van der Waals surface area contributed by atoms with E-state index >= 15 is 0 Å². The van der Waals surface area contributed by atoms with E-state index in [1.165, 1.54) is 32.0 Å². The number of piperidine rings is 1. The van der Waals surface area contributed by atoms with Crippen LogP contribution in [0.15, 0.2) is 18.2 Å². The van der Waals surface area contributed by atoms with Gasteiger partial charge in [0.2, 0.25) is 0 Å². The van der Waals surface area contributed by atoms with Gasteiger partial charge in [0.05, 0.1) is 0 Å². The molecule has 0 spiro atoms. The normalized spacial score (nSPS) is 17.8. The molecule has 1 saturated heterocycles. The molecule has 106 valence electrons. The van der Waals surface area contributed by atoms with E-state index in [-0.39, 0.29) is 5.82 Å². The molecule has 1 aliphatic rings. The summed E-state index contributed by atoms with van der Waals surface area (Å²) in [5.41, 5.74) is 0.566. The first-order chi connectivity index (χ1) is 9.16. The lowest BCUT2D eigenvalue weighted by atomic mass is 9.99. The maximum Gasteiger partial charge on any atom is 0.129 e. The molecule has 4 heteroatoms. The number of benzene rings is 1. The summed E-state index contributed by atoms with van der Waals surface area (Å²) in [4.78, 5) is 2.47. The number of hydrogen-bond donors (Lipinski definition) is 1. The second-order valence-corrected chi connectivity index (χ2v) is 5.81. The van der Waals surface area contributed by atoms with Gasteiger partial charge in [0.1, 0.15) is 5.82 Å². The van der Waals surface area contributed by atoms with E-state index in [0.717, 1.165) is 19.0 Å². The Hall–Kier alpha value is -0.640. The monoisotopic (exact) mass is 284 g/mol. The zero-order valence-corrected chi connectivity index (χ0v) is 12.2. The summed E-state index contributed by atoms with van der Waals surface area (Å²) >= 11 is 5.98. The van der Waals surface area contributed by atoms with Gasteiger partial charge in [-0.2, -0.15) is 0 Å². The van der Waals surface area contributed by atoms with E-state index in [1.54, 1.807) is 12.1 Å². The van der Waals surface area contributed by atoms with Crippen molar-refractivity contribution in [2.75, 3.05) is 26.2 Å². The van der Waals surface area contributed by atoms with Gasteiger partial charge in [-0.3, -0.25) is 0 Å². The van der Waals surface area contributed by atoms with Crippen LogP contribution in [0, 0.1) is 11.7 Å². The molecule has 0 aromatic heterocycles. The topological polar surface area (TPSA) is 15.3 Å². The highest BCUT2D eigenvalue weighted by Gasteiger charge is 2.14. The first-order valence-electron chi connectivity index (χ1n) is 7.03. The fraction of sp³-hybridized carbons (Fsp3) is 0.600. The number of rotatable bonds is 5. The van der Waals surface area contributed by atoms with Crippen LogP contribution in [0.1, 0.15) is 25.3 Å². The fourth-order valence-electron chi connectivity index (χ4n) is 2.44. The first-order valence-corrected chi connectivity index (χ1v) is 7.40. The van der Waals surface area contributed by atoms with Crippen LogP contribution >= 0.6 is 11.6 Å². The Morgan fingerprint density at radius 2 is 2.11 bits per heavy atom. The maximum atomic E-state index is 13.5. The molecular weight excluding hydrogens is 263 g/mol. The Labute approximate surface area is 119 Å². The molecule has 2 nitrogen and oxygen atoms in total. The van der Waals surface area contributed by atoms with Gasteiger partial charge in [0, 0.05) is 30.2 Å². The average molecular weight is 285 g/mol. The van der Waals surface area contributed by atoms with E-state index in [2.05, 4.69) is 17.1 Å². The van der Waals surface area contributed by atoms with Gasteiger partial charge in [0.15, 0.2) is 0 Å². The van der Waals surface area contributed by atoms with Gasteiger partial charge in [-0.1, -0.05) is 24.6 Å². The summed E-state index contributed by atoms with van der Waals surface area (Å²) in [6.07, 6.45) is 2.58. The summed E-state index contributed by atoms with van der Waals surface area (Å²) in [7, 11) is 0. The second-order valence-electron chi connectivity index (χ2n) is 5.40. The molecular formula is C15H22ClFN2. The molecule has 0 amide bonds. The molecule has 1 N–H and O–H groups in total. The SMILES string of the molecule is CC1CCN(CCNCc2c(F)cccc2Cl)CC1. The third-order valence-corrected chi connectivity index (χ3v) is 4.20. The van der Waals surface area contributed by atoms with Crippen LogP contribution in [0.25, 0.3) is 0 Å². The van der Waals surface area contributed by atoms with Gasteiger partial charge in [-0.05, 0) is 44.0 Å². The van der Waals surface area contributed by atoms with Gasteiger partial charge in [0.25, 0.3) is 0 Å². The van der Waals surface area contributed by atoms with Crippen LogP contribution in [0.4, 0.5) is 4.39 Å². The number of nitrogens with one attached hydrogen (secondary N) is 1. The van der Waals surface area contributed by atoms with Crippen molar-refractivity contribution < 1.29 is 4.39 Å². The Morgan fingerprint density at radius 1 is 1.37 bits per heavy atom. The third-order valence-electron chi connectivity index (χ3n) is 3.84. The number of hydrogen-bond acceptors (Lipinski definition) is 2. The van der Waals surface area contributed by atoms with Crippen LogP contribution in [0.2, 0.25) is 5.02 Å². The summed E-state index contributed by atoms with van der Waals surface area (Å²) in [6, 6.07) is 4.82. The van der Waals surface area contributed by atoms with Gasteiger partial charge < -0.3 is 10.2 Å². The minimum absolute atomic E-state index is 0.230. The zero-order valence-electron chi connectivity index (χ0n) is 11.5. The summed E-state index contributed by atoms with van der Waals surface area (Å²) in [5.74, 6) is 0.633. The predicted octanol–water partition coefficient (Wildman–Crippen LogP) is 3.30. The molecule has 0 atom stereocenters. The molecule has 0 aliphatic carbocycles. The molecule has 0 saturated carbocycles. The minimum atomic E-state index is -0.230. The third kappa shape index (κ3) is 4.44.